The number of aliphatic hydroxyl groups is 2. The zero-order valence-electron chi connectivity index (χ0n) is 10.0. The number of halogens is 6. The number of alkyl halides is 6. The molecule has 21 heavy (non-hydrogen) atoms. The molecule has 1 aromatic carbocycles. The lowest BCUT2D eigenvalue weighted by Crippen LogP contribution is -2.34. The fourth-order valence-corrected chi connectivity index (χ4v) is 1.49. The molecule has 4 N–H and O–H groups in total. The Balaban J connectivity index is 3.42. The topological polar surface area (TPSA) is 83.6 Å². The van der Waals surface area contributed by atoms with Crippen LogP contribution in [0.15, 0.2) is 18.2 Å². The van der Waals surface area contributed by atoms with Crippen molar-refractivity contribution in [2.45, 2.75) is 24.6 Å². The summed E-state index contributed by atoms with van der Waals surface area (Å²) in [4.78, 5) is 10.6. The first-order chi connectivity index (χ1) is 9.34. The van der Waals surface area contributed by atoms with Crippen LogP contribution in [0.4, 0.5) is 26.3 Å². The van der Waals surface area contributed by atoms with Gasteiger partial charge in [0.15, 0.2) is 6.10 Å². The molecule has 2 unspecified atom stereocenters. The van der Waals surface area contributed by atoms with Gasteiger partial charge in [-0.05, 0) is 23.8 Å². The van der Waals surface area contributed by atoms with Crippen LogP contribution in [0.25, 0.3) is 0 Å². The maximum atomic E-state index is 12.6. The van der Waals surface area contributed by atoms with E-state index in [4.69, 9.17) is 5.11 Å². The minimum atomic E-state index is -5.10. The fraction of sp³-hybridized carbons (Fsp3) is 0.364. The minimum absolute atomic E-state index is 0.146. The molecule has 0 saturated heterocycles. The van der Waals surface area contributed by atoms with Crippen LogP contribution in [-0.2, 0) is 17.1 Å². The summed E-state index contributed by atoms with van der Waals surface area (Å²) in [6, 6.07) is 0.255. The van der Waals surface area contributed by atoms with E-state index in [-0.39, 0.29) is 18.2 Å². The SMILES string of the molecule is NC(=O)C(O)C(O)c1cc(C(F)(F)F)cc(C(F)(F)F)c1. The molecule has 0 spiro atoms. The Labute approximate surface area is 113 Å². The molecule has 0 aliphatic heterocycles. The largest absolute Gasteiger partial charge is 0.416 e. The van der Waals surface area contributed by atoms with Gasteiger partial charge >= 0.3 is 12.4 Å². The third kappa shape index (κ3) is 4.08. The number of nitrogens with two attached hydrogens (primary N) is 1. The maximum absolute atomic E-state index is 12.6. The molecule has 2 atom stereocenters. The molecule has 0 saturated carbocycles. The van der Waals surface area contributed by atoms with Crippen LogP contribution in [-0.4, -0.2) is 22.2 Å². The number of benzene rings is 1. The van der Waals surface area contributed by atoms with Gasteiger partial charge in [-0.25, -0.2) is 0 Å². The van der Waals surface area contributed by atoms with Gasteiger partial charge in [-0.1, -0.05) is 0 Å². The third-order valence-corrected chi connectivity index (χ3v) is 2.54. The highest BCUT2D eigenvalue weighted by Gasteiger charge is 2.38. The first-order valence-electron chi connectivity index (χ1n) is 5.29. The second-order valence-electron chi connectivity index (χ2n) is 4.13. The summed E-state index contributed by atoms with van der Waals surface area (Å²) in [7, 11) is 0. The number of rotatable bonds is 3. The highest BCUT2D eigenvalue weighted by molar-refractivity contribution is 5.79. The molecule has 1 aromatic rings. The van der Waals surface area contributed by atoms with E-state index in [0.29, 0.717) is 0 Å². The van der Waals surface area contributed by atoms with Crippen LogP contribution in [0.3, 0.4) is 0 Å². The zero-order valence-corrected chi connectivity index (χ0v) is 10.0. The van der Waals surface area contributed by atoms with E-state index < -0.39 is 47.2 Å². The highest BCUT2D eigenvalue weighted by atomic mass is 19.4. The Hall–Kier alpha value is -1.81. The summed E-state index contributed by atoms with van der Waals surface area (Å²) in [5.41, 5.74) is 0.346. The van der Waals surface area contributed by atoms with Crippen LogP contribution < -0.4 is 5.73 Å². The van der Waals surface area contributed by atoms with Gasteiger partial charge in [0.2, 0.25) is 5.91 Å². The highest BCUT2D eigenvalue weighted by Crippen LogP contribution is 2.37. The predicted molar refractivity (Wildman–Crippen MR) is 56.6 cm³/mol. The molecule has 4 nitrogen and oxygen atoms in total. The Morgan fingerprint density at radius 2 is 1.33 bits per heavy atom. The third-order valence-electron chi connectivity index (χ3n) is 2.54. The van der Waals surface area contributed by atoms with Crippen molar-refractivity contribution in [3.05, 3.63) is 34.9 Å². The van der Waals surface area contributed by atoms with Crippen molar-refractivity contribution in [2.24, 2.45) is 5.73 Å². The number of amides is 1. The molecular weight excluding hydrogens is 308 g/mol. The number of hydrogen-bond donors (Lipinski definition) is 3. The van der Waals surface area contributed by atoms with Gasteiger partial charge in [-0.15, -0.1) is 0 Å². The molecule has 0 heterocycles. The van der Waals surface area contributed by atoms with Crippen molar-refractivity contribution in [2.75, 3.05) is 0 Å². The first kappa shape index (κ1) is 17.2. The lowest BCUT2D eigenvalue weighted by Gasteiger charge is -2.19. The summed E-state index contributed by atoms with van der Waals surface area (Å²) in [6.07, 6.45) is -14.9. The summed E-state index contributed by atoms with van der Waals surface area (Å²) in [6.45, 7) is 0. The number of aliphatic hydroxyl groups excluding tert-OH is 2. The monoisotopic (exact) mass is 317 g/mol. The second-order valence-corrected chi connectivity index (χ2v) is 4.13. The molecule has 0 fully saturated rings. The van der Waals surface area contributed by atoms with Gasteiger partial charge in [0.05, 0.1) is 11.1 Å². The summed E-state index contributed by atoms with van der Waals surface area (Å²) < 4.78 is 75.3. The molecule has 10 heteroatoms. The molecule has 1 rings (SSSR count). The van der Waals surface area contributed by atoms with Gasteiger partial charge in [0.25, 0.3) is 0 Å². The van der Waals surface area contributed by atoms with E-state index in [0.717, 1.165) is 0 Å². The standard InChI is InChI=1S/C11H9F6NO3/c12-10(13,14)5-1-4(7(19)8(20)9(18)21)2-6(3-5)11(15,16)17/h1-3,7-8,19-20H,(H2,18,21). The van der Waals surface area contributed by atoms with Crippen LogP contribution in [0.1, 0.15) is 22.8 Å². The van der Waals surface area contributed by atoms with Crippen molar-refractivity contribution in [3.63, 3.8) is 0 Å². The lowest BCUT2D eigenvalue weighted by atomic mass is 9.98. The Morgan fingerprint density at radius 1 is 0.952 bits per heavy atom. The van der Waals surface area contributed by atoms with Crippen molar-refractivity contribution in [1.82, 2.24) is 0 Å². The van der Waals surface area contributed by atoms with Crippen molar-refractivity contribution < 1.29 is 41.4 Å². The second kappa shape index (κ2) is 5.53. The van der Waals surface area contributed by atoms with Crippen molar-refractivity contribution in [1.29, 1.82) is 0 Å². The quantitative estimate of drug-likeness (QED) is 0.741. The van der Waals surface area contributed by atoms with Gasteiger partial charge in [-0.3, -0.25) is 4.79 Å². The fourth-order valence-electron chi connectivity index (χ4n) is 1.49. The smallest absolute Gasteiger partial charge is 0.385 e. The van der Waals surface area contributed by atoms with E-state index >= 15 is 0 Å². The number of carbonyl (C=O) groups is 1. The molecule has 118 valence electrons. The predicted octanol–water partition coefficient (Wildman–Crippen LogP) is 1.60. The van der Waals surface area contributed by atoms with Gasteiger partial charge < -0.3 is 15.9 Å². The minimum Gasteiger partial charge on any atom is -0.385 e. The van der Waals surface area contributed by atoms with Crippen LogP contribution in [0.2, 0.25) is 0 Å². The number of carbonyl (C=O) groups excluding carboxylic acids is 1. The molecule has 0 aliphatic rings. The molecular formula is C11H9F6NO3. The summed E-state index contributed by atoms with van der Waals surface area (Å²) in [5.74, 6) is -1.49. The average Bonchev–Trinajstić information content (AvgIpc) is 2.34. The summed E-state index contributed by atoms with van der Waals surface area (Å²) >= 11 is 0. The molecule has 0 bridgehead atoms. The van der Waals surface area contributed by atoms with Crippen LogP contribution >= 0.6 is 0 Å². The molecule has 1 amide bonds. The van der Waals surface area contributed by atoms with Gasteiger partial charge in [0.1, 0.15) is 6.10 Å². The lowest BCUT2D eigenvalue weighted by molar-refractivity contribution is -0.143. The Morgan fingerprint density at radius 3 is 1.62 bits per heavy atom. The van der Waals surface area contributed by atoms with E-state index in [1.165, 1.54) is 0 Å². The first-order valence-corrected chi connectivity index (χ1v) is 5.29. The zero-order chi connectivity index (χ0) is 16.6. The molecule has 0 radical (unpaired) electrons. The number of hydrogen-bond acceptors (Lipinski definition) is 3. The van der Waals surface area contributed by atoms with E-state index in [2.05, 4.69) is 5.73 Å². The van der Waals surface area contributed by atoms with Crippen molar-refractivity contribution >= 4 is 5.91 Å². The van der Waals surface area contributed by atoms with Crippen LogP contribution in [0, 0.1) is 0 Å². The normalized spacial score (nSPS) is 15.6. The van der Waals surface area contributed by atoms with E-state index in [9.17, 15) is 36.2 Å². The van der Waals surface area contributed by atoms with E-state index in [1.807, 2.05) is 0 Å². The van der Waals surface area contributed by atoms with E-state index in [1.54, 1.807) is 0 Å². The average molecular weight is 317 g/mol. The Bertz CT molecular complexity index is 507. The van der Waals surface area contributed by atoms with Gasteiger partial charge in [-0.2, -0.15) is 26.3 Å². The van der Waals surface area contributed by atoms with Gasteiger partial charge in [0, 0.05) is 0 Å². The number of primary amides is 1. The van der Waals surface area contributed by atoms with Crippen LogP contribution in [0.5, 0.6) is 0 Å². The summed E-state index contributed by atoms with van der Waals surface area (Å²) in [5, 5.41) is 18.6. The molecule has 0 aromatic heterocycles. The Kier molecular flexibility index (Phi) is 4.54. The molecule has 0 aliphatic carbocycles. The maximum Gasteiger partial charge on any atom is 0.416 e. The van der Waals surface area contributed by atoms with Crippen molar-refractivity contribution in [3.8, 4) is 0 Å².